The fraction of sp³-hybridized carbons (Fsp3) is 0.300. The Hall–Kier alpha value is -2.80. The largest absolute Gasteiger partial charge is 0.338 e. The van der Waals surface area contributed by atoms with Crippen molar-refractivity contribution in [1.82, 2.24) is 14.9 Å². The van der Waals surface area contributed by atoms with Crippen LogP contribution in [-0.4, -0.2) is 40.6 Å². The fourth-order valence-electron chi connectivity index (χ4n) is 2.54. The molecule has 0 aromatic carbocycles. The van der Waals surface area contributed by atoms with E-state index in [1.807, 2.05) is 50.6 Å². The lowest BCUT2D eigenvalue weighted by Gasteiger charge is -2.18. The number of aryl methyl sites for hydroxylation is 1. The van der Waals surface area contributed by atoms with Gasteiger partial charge in [0.25, 0.3) is 5.91 Å². The number of amides is 1. The minimum absolute atomic E-state index is 0.141. The second-order valence-corrected chi connectivity index (χ2v) is 6.55. The van der Waals surface area contributed by atoms with Gasteiger partial charge in [-0.25, -0.2) is 9.97 Å². The van der Waals surface area contributed by atoms with Crippen molar-refractivity contribution in [3.63, 3.8) is 0 Å². The number of hydrogen-bond donors (Lipinski definition) is 1. The van der Waals surface area contributed by atoms with Crippen molar-refractivity contribution in [2.24, 2.45) is 4.99 Å². The SMILES string of the molecule is C=NC(=CC(=CC)c1nc(Nc2ccsc2)ncc1C)C(=O)N(CC)CC. The molecule has 0 radical (unpaired) electrons. The van der Waals surface area contributed by atoms with E-state index in [9.17, 15) is 4.79 Å². The van der Waals surface area contributed by atoms with E-state index in [4.69, 9.17) is 0 Å². The number of allylic oxidation sites excluding steroid dienone is 3. The van der Waals surface area contributed by atoms with Crippen LogP contribution in [-0.2, 0) is 4.79 Å². The third-order valence-electron chi connectivity index (χ3n) is 4.07. The Morgan fingerprint density at radius 1 is 1.41 bits per heavy atom. The molecule has 2 aromatic rings. The van der Waals surface area contributed by atoms with Gasteiger partial charge in [-0.2, -0.15) is 11.3 Å². The number of aromatic nitrogens is 2. The Kier molecular flexibility index (Phi) is 7.43. The van der Waals surface area contributed by atoms with Gasteiger partial charge in [0.1, 0.15) is 5.70 Å². The van der Waals surface area contributed by atoms with E-state index >= 15 is 0 Å². The molecule has 1 N–H and O–H groups in total. The van der Waals surface area contributed by atoms with E-state index in [1.165, 1.54) is 0 Å². The van der Waals surface area contributed by atoms with Crippen LogP contribution in [0.1, 0.15) is 32.0 Å². The second-order valence-electron chi connectivity index (χ2n) is 5.77. The molecule has 0 saturated carbocycles. The molecule has 142 valence electrons. The van der Waals surface area contributed by atoms with E-state index in [0.29, 0.717) is 24.7 Å². The number of carbonyl (C=O) groups excluding carboxylic acids is 1. The van der Waals surface area contributed by atoms with Crippen molar-refractivity contribution in [3.8, 4) is 0 Å². The summed E-state index contributed by atoms with van der Waals surface area (Å²) in [5.41, 5.74) is 3.70. The van der Waals surface area contributed by atoms with Crippen LogP contribution in [0, 0.1) is 6.92 Å². The van der Waals surface area contributed by atoms with Gasteiger partial charge < -0.3 is 10.2 Å². The number of nitrogens with zero attached hydrogens (tertiary/aromatic N) is 4. The van der Waals surface area contributed by atoms with Crippen LogP contribution in [0.3, 0.4) is 0 Å². The summed E-state index contributed by atoms with van der Waals surface area (Å²) in [6.07, 6.45) is 5.41. The van der Waals surface area contributed by atoms with Gasteiger partial charge in [-0.3, -0.25) is 9.79 Å². The highest BCUT2D eigenvalue weighted by atomic mass is 32.1. The minimum Gasteiger partial charge on any atom is -0.338 e. The molecule has 0 bridgehead atoms. The number of aliphatic imine (C=N–C) groups is 1. The number of hydrogen-bond acceptors (Lipinski definition) is 6. The molecule has 27 heavy (non-hydrogen) atoms. The van der Waals surface area contributed by atoms with E-state index < -0.39 is 0 Å². The molecular formula is C20H25N5OS. The number of thiophene rings is 1. The zero-order chi connectivity index (χ0) is 19.8. The van der Waals surface area contributed by atoms with Crippen molar-refractivity contribution in [3.05, 3.63) is 52.1 Å². The molecule has 2 aromatic heterocycles. The third kappa shape index (κ3) is 5.10. The summed E-state index contributed by atoms with van der Waals surface area (Å²) in [6, 6.07) is 1.96. The minimum atomic E-state index is -0.141. The monoisotopic (exact) mass is 383 g/mol. The summed E-state index contributed by atoms with van der Waals surface area (Å²) in [5.74, 6) is 0.364. The fourth-order valence-corrected chi connectivity index (χ4v) is 3.13. The number of anilines is 2. The van der Waals surface area contributed by atoms with Gasteiger partial charge in [-0.1, -0.05) is 6.08 Å². The van der Waals surface area contributed by atoms with E-state index in [2.05, 4.69) is 27.0 Å². The van der Waals surface area contributed by atoms with Crippen LogP contribution in [0.5, 0.6) is 0 Å². The van der Waals surface area contributed by atoms with E-state index in [0.717, 1.165) is 22.5 Å². The Bertz CT molecular complexity index is 851. The lowest BCUT2D eigenvalue weighted by atomic mass is 10.1. The zero-order valence-corrected chi connectivity index (χ0v) is 17.0. The molecule has 0 aliphatic carbocycles. The first-order valence-corrected chi connectivity index (χ1v) is 9.75. The first-order valence-electron chi connectivity index (χ1n) is 8.81. The van der Waals surface area contributed by atoms with Gasteiger partial charge in [0, 0.05) is 24.7 Å². The van der Waals surface area contributed by atoms with Gasteiger partial charge in [0.2, 0.25) is 5.95 Å². The molecule has 2 rings (SSSR count). The highest BCUT2D eigenvalue weighted by Crippen LogP contribution is 2.23. The highest BCUT2D eigenvalue weighted by molar-refractivity contribution is 7.08. The quantitative estimate of drug-likeness (QED) is 0.415. The van der Waals surface area contributed by atoms with Crippen LogP contribution in [0.15, 0.2) is 45.9 Å². The van der Waals surface area contributed by atoms with Crippen molar-refractivity contribution in [1.29, 1.82) is 0 Å². The van der Waals surface area contributed by atoms with E-state index in [-0.39, 0.29) is 5.91 Å². The lowest BCUT2D eigenvalue weighted by molar-refractivity contribution is -0.126. The summed E-state index contributed by atoms with van der Waals surface area (Å²) in [6.45, 7) is 12.5. The van der Waals surface area contributed by atoms with Crippen molar-refractivity contribution < 1.29 is 4.79 Å². The number of carbonyl (C=O) groups is 1. The maximum atomic E-state index is 12.6. The molecule has 7 heteroatoms. The van der Waals surface area contributed by atoms with Gasteiger partial charge in [0.05, 0.1) is 11.4 Å². The Labute approximate surface area is 164 Å². The van der Waals surface area contributed by atoms with Gasteiger partial charge >= 0.3 is 0 Å². The average Bonchev–Trinajstić information content (AvgIpc) is 3.18. The Morgan fingerprint density at radius 3 is 2.70 bits per heavy atom. The summed E-state index contributed by atoms with van der Waals surface area (Å²) >= 11 is 1.60. The maximum absolute atomic E-state index is 12.6. The molecular weight excluding hydrogens is 358 g/mol. The zero-order valence-electron chi connectivity index (χ0n) is 16.2. The topological polar surface area (TPSA) is 70.5 Å². The molecule has 1 amide bonds. The molecule has 0 aliphatic rings. The summed E-state index contributed by atoms with van der Waals surface area (Å²) in [7, 11) is 0. The van der Waals surface area contributed by atoms with Crippen molar-refractivity contribution in [2.45, 2.75) is 27.7 Å². The van der Waals surface area contributed by atoms with Crippen LogP contribution in [0.25, 0.3) is 5.57 Å². The summed E-state index contributed by atoms with van der Waals surface area (Å²) in [4.78, 5) is 27.3. The van der Waals surface area contributed by atoms with Crippen LogP contribution in [0.2, 0.25) is 0 Å². The van der Waals surface area contributed by atoms with Gasteiger partial charge in [0.15, 0.2) is 0 Å². The molecule has 0 saturated heterocycles. The molecule has 0 fully saturated rings. The molecule has 0 spiro atoms. The molecule has 0 atom stereocenters. The van der Waals surface area contributed by atoms with Crippen molar-refractivity contribution >= 4 is 41.2 Å². The highest BCUT2D eigenvalue weighted by Gasteiger charge is 2.16. The standard InChI is InChI=1S/C20H25N5OS/c1-6-15(11-17(21-5)19(26)25(7-2)8-3)18-14(4)12-22-20(24-18)23-16-9-10-27-13-16/h6,9-13H,5,7-8H2,1-4H3,(H,22,23,24). The number of likely N-dealkylation sites (N-methyl/N-ethyl adjacent to an activating group) is 1. The van der Waals surface area contributed by atoms with Crippen LogP contribution in [0.4, 0.5) is 11.6 Å². The Balaban J connectivity index is 2.38. The first-order chi connectivity index (χ1) is 13.0. The average molecular weight is 384 g/mol. The Morgan fingerprint density at radius 2 is 2.15 bits per heavy atom. The molecule has 0 unspecified atom stereocenters. The second kappa shape index (κ2) is 9.78. The maximum Gasteiger partial charge on any atom is 0.272 e. The predicted octanol–water partition coefficient (Wildman–Crippen LogP) is 4.45. The van der Waals surface area contributed by atoms with Crippen LogP contribution >= 0.6 is 11.3 Å². The molecule has 0 aliphatic heterocycles. The normalized spacial score (nSPS) is 12.0. The lowest BCUT2D eigenvalue weighted by Crippen LogP contribution is -2.31. The van der Waals surface area contributed by atoms with Gasteiger partial charge in [-0.15, -0.1) is 0 Å². The number of rotatable bonds is 8. The predicted molar refractivity (Wildman–Crippen MR) is 114 cm³/mol. The third-order valence-corrected chi connectivity index (χ3v) is 4.75. The molecule has 2 heterocycles. The van der Waals surface area contributed by atoms with Crippen LogP contribution < -0.4 is 5.32 Å². The summed E-state index contributed by atoms with van der Waals surface area (Å²) in [5, 5.41) is 7.16. The summed E-state index contributed by atoms with van der Waals surface area (Å²) < 4.78 is 0. The smallest absolute Gasteiger partial charge is 0.272 e. The van der Waals surface area contributed by atoms with Crippen molar-refractivity contribution in [2.75, 3.05) is 18.4 Å². The van der Waals surface area contributed by atoms with E-state index in [1.54, 1.807) is 28.5 Å². The first kappa shape index (κ1) is 20.5. The number of nitrogens with one attached hydrogen (secondary N) is 1. The van der Waals surface area contributed by atoms with Gasteiger partial charge in [-0.05, 0) is 63.1 Å². The molecule has 6 nitrogen and oxygen atoms in total.